The van der Waals surface area contributed by atoms with Gasteiger partial charge in [0.05, 0.1) is 0 Å². The van der Waals surface area contributed by atoms with Crippen LogP contribution in [0.2, 0.25) is 0 Å². The number of thioether (sulfide) groups is 1. The SMILES string of the molecule is C#CCCc1ccc(SC(F)F)cc1. The van der Waals surface area contributed by atoms with E-state index in [2.05, 4.69) is 5.92 Å². The van der Waals surface area contributed by atoms with Gasteiger partial charge in [-0.2, -0.15) is 8.78 Å². The molecule has 0 saturated heterocycles. The van der Waals surface area contributed by atoms with E-state index in [1.165, 1.54) is 0 Å². The van der Waals surface area contributed by atoms with Crippen molar-refractivity contribution in [2.45, 2.75) is 23.5 Å². The summed E-state index contributed by atoms with van der Waals surface area (Å²) in [7, 11) is 0. The molecule has 14 heavy (non-hydrogen) atoms. The van der Waals surface area contributed by atoms with Gasteiger partial charge in [0, 0.05) is 11.3 Å². The highest BCUT2D eigenvalue weighted by Crippen LogP contribution is 2.25. The van der Waals surface area contributed by atoms with Gasteiger partial charge in [-0.1, -0.05) is 23.9 Å². The van der Waals surface area contributed by atoms with E-state index in [0.717, 1.165) is 12.0 Å². The molecule has 0 heterocycles. The number of aryl methyl sites for hydroxylation is 1. The molecule has 0 radical (unpaired) electrons. The molecule has 0 amide bonds. The summed E-state index contributed by atoms with van der Waals surface area (Å²) in [6, 6.07) is 7.06. The van der Waals surface area contributed by atoms with Crippen molar-refractivity contribution in [3.63, 3.8) is 0 Å². The Bertz CT molecular complexity index is 311. The van der Waals surface area contributed by atoms with Gasteiger partial charge in [-0.3, -0.25) is 0 Å². The second-order valence-corrected chi connectivity index (χ2v) is 3.79. The van der Waals surface area contributed by atoms with E-state index in [4.69, 9.17) is 6.42 Å². The lowest BCUT2D eigenvalue weighted by Crippen LogP contribution is -1.85. The monoisotopic (exact) mass is 212 g/mol. The molecule has 0 bridgehead atoms. The van der Waals surface area contributed by atoms with Gasteiger partial charge in [-0.25, -0.2) is 0 Å². The van der Waals surface area contributed by atoms with Crippen molar-refractivity contribution in [1.82, 2.24) is 0 Å². The van der Waals surface area contributed by atoms with Gasteiger partial charge in [-0.15, -0.1) is 12.3 Å². The van der Waals surface area contributed by atoms with Gasteiger partial charge in [0.2, 0.25) is 0 Å². The van der Waals surface area contributed by atoms with Crippen molar-refractivity contribution in [2.24, 2.45) is 0 Å². The second kappa shape index (κ2) is 5.66. The van der Waals surface area contributed by atoms with Crippen LogP contribution in [0.5, 0.6) is 0 Å². The Labute approximate surface area is 86.7 Å². The van der Waals surface area contributed by atoms with E-state index < -0.39 is 5.76 Å². The van der Waals surface area contributed by atoms with E-state index in [-0.39, 0.29) is 0 Å². The molecular formula is C11H10F2S. The van der Waals surface area contributed by atoms with E-state index >= 15 is 0 Å². The highest BCUT2D eigenvalue weighted by atomic mass is 32.2. The van der Waals surface area contributed by atoms with E-state index in [0.29, 0.717) is 23.1 Å². The van der Waals surface area contributed by atoms with Crippen LogP contribution in [0.15, 0.2) is 29.2 Å². The maximum absolute atomic E-state index is 12.0. The topological polar surface area (TPSA) is 0 Å². The molecule has 0 N–H and O–H groups in total. The normalized spacial score (nSPS) is 10.1. The Morgan fingerprint density at radius 3 is 2.43 bits per heavy atom. The fraction of sp³-hybridized carbons (Fsp3) is 0.273. The van der Waals surface area contributed by atoms with Crippen LogP contribution in [-0.4, -0.2) is 5.76 Å². The van der Waals surface area contributed by atoms with Crippen LogP contribution < -0.4 is 0 Å². The average Bonchev–Trinajstić information content (AvgIpc) is 2.16. The summed E-state index contributed by atoms with van der Waals surface area (Å²) in [6.07, 6.45) is 6.60. The number of rotatable bonds is 4. The number of hydrogen-bond acceptors (Lipinski definition) is 1. The zero-order chi connectivity index (χ0) is 10.4. The lowest BCUT2D eigenvalue weighted by molar-refractivity contribution is 0.252. The summed E-state index contributed by atoms with van der Waals surface area (Å²) in [4.78, 5) is 0.587. The number of benzene rings is 1. The molecule has 3 heteroatoms. The average molecular weight is 212 g/mol. The molecule has 0 unspecified atom stereocenters. The van der Waals surface area contributed by atoms with Crippen molar-refractivity contribution >= 4 is 11.8 Å². The summed E-state index contributed by atoms with van der Waals surface area (Å²) in [5.41, 5.74) is 1.08. The highest BCUT2D eigenvalue weighted by Gasteiger charge is 2.04. The minimum atomic E-state index is -2.36. The smallest absolute Gasteiger partial charge is 0.198 e. The van der Waals surface area contributed by atoms with Gasteiger partial charge >= 0.3 is 0 Å². The van der Waals surface area contributed by atoms with Crippen molar-refractivity contribution in [2.75, 3.05) is 0 Å². The number of hydrogen-bond donors (Lipinski definition) is 0. The second-order valence-electron chi connectivity index (χ2n) is 2.73. The predicted octanol–water partition coefficient (Wildman–Crippen LogP) is 3.57. The maximum atomic E-state index is 12.0. The molecule has 1 aromatic carbocycles. The van der Waals surface area contributed by atoms with Crippen LogP contribution in [-0.2, 0) is 6.42 Å². The molecule has 0 atom stereocenters. The lowest BCUT2D eigenvalue weighted by Gasteiger charge is -2.01. The van der Waals surface area contributed by atoms with E-state index in [1.54, 1.807) is 12.1 Å². The Balaban J connectivity index is 2.56. The Kier molecular flexibility index (Phi) is 4.48. The summed E-state index contributed by atoms with van der Waals surface area (Å²) in [5.74, 6) is 0.183. The lowest BCUT2D eigenvalue weighted by atomic mass is 10.1. The zero-order valence-electron chi connectivity index (χ0n) is 7.54. The van der Waals surface area contributed by atoms with Crippen LogP contribution in [0.25, 0.3) is 0 Å². The standard InChI is InChI=1S/C11H10F2S/c1-2-3-4-9-5-7-10(8-6-9)14-11(12)13/h1,5-8,11H,3-4H2. The third-order valence-electron chi connectivity index (χ3n) is 1.71. The van der Waals surface area contributed by atoms with Crippen molar-refractivity contribution in [3.8, 4) is 12.3 Å². The predicted molar refractivity (Wildman–Crippen MR) is 55.5 cm³/mol. The first kappa shape index (κ1) is 11.1. The molecular weight excluding hydrogens is 202 g/mol. The van der Waals surface area contributed by atoms with E-state index in [9.17, 15) is 8.78 Å². The van der Waals surface area contributed by atoms with Gasteiger partial charge < -0.3 is 0 Å². The fourth-order valence-corrected chi connectivity index (χ4v) is 1.55. The van der Waals surface area contributed by atoms with Crippen LogP contribution in [0.4, 0.5) is 8.78 Å². The van der Waals surface area contributed by atoms with Gasteiger partial charge in [-0.05, 0) is 24.1 Å². The Morgan fingerprint density at radius 2 is 1.93 bits per heavy atom. The summed E-state index contributed by atoms with van der Waals surface area (Å²) >= 11 is 0.557. The first-order valence-corrected chi connectivity index (χ1v) is 5.07. The van der Waals surface area contributed by atoms with Gasteiger partial charge in [0.25, 0.3) is 5.76 Å². The molecule has 1 rings (SSSR count). The van der Waals surface area contributed by atoms with E-state index in [1.807, 2.05) is 12.1 Å². The number of alkyl halides is 2. The molecule has 0 nitrogen and oxygen atoms in total. The molecule has 1 aromatic rings. The summed E-state index contributed by atoms with van der Waals surface area (Å²) in [6.45, 7) is 0. The molecule has 74 valence electrons. The summed E-state index contributed by atoms with van der Waals surface area (Å²) in [5, 5.41) is 0. The van der Waals surface area contributed by atoms with Crippen LogP contribution in [0.3, 0.4) is 0 Å². The molecule has 0 aliphatic heterocycles. The van der Waals surface area contributed by atoms with Gasteiger partial charge in [0.15, 0.2) is 0 Å². The largest absolute Gasteiger partial charge is 0.288 e. The van der Waals surface area contributed by atoms with Crippen LogP contribution in [0.1, 0.15) is 12.0 Å². The third kappa shape index (κ3) is 3.80. The molecule has 0 aliphatic rings. The zero-order valence-corrected chi connectivity index (χ0v) is 8.36. The first-order valence-electron chi connectivity index (χ1n) is 4.19. The number of terminal acetylenes is 1. The Hall–Kier alpha value is -1.01. The fourth-order valence-electron chi connectivity index (χ4n) is 1.05. The molecule has 0 saturated carbocycles. The summed E-state index contributed by atoms with van der Waals surface area (Å²) < 4.78 is 23.9. The minimum absolute atomic E-state index is 0.557. The molecule has 0 fully saturated rings. The molecule has 0 aromatic heterocycles. The molecule has 0 spiro atoms. The minimum Gasteiger partial charge on any atom is -0.198 e. The molecule has 0 aliphatic carbocycles. The third-order valence-corrected chi connectivity index (χ3v) is 2.43. The van der Waals surface area contributed by atoms with Crippen LogP contribution in [0, 0.1) is 12.3 Å². The number of halogens is 2. The Morgan fingerprint density at radius 1 is 1.29 bits per heavy atom. The highest BCUT2D eigenvalue weighted by molar-refractivity contribution is 7.99. The maximum Gasteiger partial charge on any atom is 0.288 e. The quantitative estimate of drug-likeness (QED) is 0.543. The first-order chi connectivity index (χ1) is 6.72. The van der Waals surface area contributed by atoms with Crippen molar-refractivity contribution in [1.29, 1.82) is 0 Å². The van der Waals surface area contributed by atoms with Crippen molar-refractivity contribution in [3.05, 3.63) is 29.8 Å². The van der Waals surface area contributed by atoms with Crippen molar-refractivity contribution < 1.29 is 8.78 Å². The van der Waals surface area contributed by atoms with Crippen LogP contribution >= 0.6 is 11.8 Å². The van der Waals surface area contributed by atoms with Gasteiger partial charge in [0.1, 0.15) is 0 Å².